The first-order chi connectivity index (χ1) is 18.6. The van der Waals surface area contributed by atoms with Gasteiger partial charge in [0.1, 0.15) is 5.82 Å². The van der Waals surface area contributed by atoms with Gasteiger partial charge in [-0.05, 0) is 89.3 Å². The Morgan fingerprint density at radius 1 is 1.08 bits per heavy atom. The summed E-state index contributed by atoms with van der Waals surface area (Å²) in [5.74, 6) is -0.825. The maximum Gasteiger partial charge on any atom is 0.253 e. The van der Waals surface area contributed by atoms with Gasteiger partial charge in [0.2, 0.25) is 0 Å². The lowest BCUT2D eigenvalue weighted by Gasteiger charge is -2.47. The fourth-order valence-corrected chi connectivity index (χ4v) is 6.14. The van der Waals surface area contributed by atoms with Gasteiger partial charge in [-0.1, -0.05) is 30.3 Å². The Kier molecular flexibility index (Phi) is 8.90. The molecule has 0 aliphatic carbocycles. The van der Waals surface area contributed by atoms with Crippen molar-refractivity contribution in [2.24, 2.45) is 0 Å². The Morgan fingerprint density at radius 3 is 2.36 bits per heavy atom. The molecule has 2 N–H and O–H groups in total. The molecule has 6 nitrogen and oxygen atoms in total. The number of aromatic nitrogens is 1. The Morgan fingerprint density at radius 2 is 1.74 bits per heavy atom. The highest BCUT2D eigenvalue weighted by Gasteiger charge is 2.34. The van der Waals surface area contributed by atoms with Crippen LogP contribution in [0.2, 0.25) is 0 Å². The van der Waals surface area contributed by atoms with Gasteiger partial charge in [0, 0.05) is 60.3 Å². The van der Waals surface area contributed by atoms with E-state index >= 15 is 0 Å². The number of H-pyrrole nitrogens is 1. The lowest BCUT2D eigenvalue weighted by Crippen LogP contribution is -2.53. The first-order valence-corrected chi connectivity index (χ1v) is 13.9. The molecular weight excluding hydrogens is 491 g/mol. The van der Waals surface area contributed by atoms with Crippen LogP contribution in [0, 0.1) is 26.6 Å². The van der Waals surface area contributed by atoms with Crippen LogP contribution in [0.3, 0.4) is 0 Å². The molecule has 3 atom stereocenters. The van der Waals surface area contributed by atoms with Crippen LogP contribution in [0.4, 0.5) is 10.1 Å². The summed E-state index contributed by atoms with van der Waals surface area (Å²) in [5, 5.41) is 2.84. The molecule has 0 saturated carbocycles. The van der Waals surface area contributed by atoms with Crippen LogP contribution in [0.5, 0.6) is 0 Å². The number of halogens is 1. The Hall–Kier alpha value is -3.45. The topological polar surface area (TPSA) is 68.4 Å². The second-order valence-electron chi connectivity index (χ2n) is 11.0. The van der Waals surface area contributed by atoms with Crippen LogP contribution in [0.25, 0.3) is 0 Å². The molecule has 1 saturated heterocycles. The smallest absolute Gasteiger partial charge is 0.253 e. The van der Waals surface area contributed by atoms with E-state index in [4.69, 9.17) is 0 Å². The normalized spacial score (nSPS) is 19.6. The molecule has 4 rings (SSSR count). The van der Waals surface area contributed by atoms with Gasteiger partial charge >= 0.3 is 0 Å². The van der Waals surface area contributed by atoms with Gasteiger partial charge < -0.3 is 15.2 Å². The van der Waals surface area contributed by atoms with Gasteiger partial charge in [-0.15, -0.1) is 0 Å². The summed E-state index contributed by atoms with van der Waals surface area (Å²) in [6, 6.07) is 16.2. The number of piperidine rings is 1. The van der Waals surface area contributed by atoms with Crippen molar-refractivity contribution in [2.45, 2.75) is 85.6 Å². The van der Waals surface area contributed by atoms with Gasteiger partial charge in [-0.25, -0.2) is 4.39 Å². The Bertz CT molecular complexity index is 1360. The number of nitrogens with one attached hydrogen (secondary N) is 2. The number of hydrogen-bond donors (Lipinski definition) is 2. The Balaban J connectivity index is 1.53. The highest BCUT2D eigenvalue weighted by atomic mass is 19.1. The molecule has 0 unspecified atom stereocenters. The first kappa shape index (κ1) is 28.6. The van der Waals surface area contributed by atoms with E-state index < -0.39 is 5.82 Å². The van der Waals surface area contributed by atoms with Crippen molar-refractivity contribution in [3.63, 3.8) is 0 Å². The maximum absolute atomic E-state index is 15.0. The van der Waals surface area contributed by atoms with Gasteiger partial charge in [0.05, 0.1) is 0 Å². The van der Waals surface area contributed by atoms with E-state index in [1.165, 1.54) is 11.6 Å². The molecule has 0 spiro atoms. The third kappa shape index (κ3) is 6.41. The predicted octanol–water partition coefficient (Wildman–Crippen LogP) is 5.64. The monoisotopic (exact) mass is 532 g/mol. The summed E-state index contributed by atoms with van der Waals surface area (Å²) in [6.07, 6.45) is 1.91. The molecule has 208 valence electrons. The number of amides is 1. The lowest BCUT2D eigenvalue weighted by atomic mass is 9.90. The third-order valence-corrected chi connectivity index (χ3v) is 8.17. The summed E-state index contributed by atoms with van der Waals surface area (Å²) in [6.45, 7) is 13.9. The zero-order valence-corrected chi connectivity index (χ0v) is 24.0. The number of carbonyl (C=O) groups excluding carboxylic acids is 1. The van der Waals surface area contributed by atoms with Gasteiger partial charge in [0.15, 0.2) is 0 Å². The number of hydrogen-bond acceptors (Lipinski definition) is 4. The van der Waals surface area contributed by atoms with E-state index in [9.17, 15) is 14.0 Å². The minimum absolute atomic E-state index is 0.0813. The number of aromatic amines is 1. The van der Waals surface area contributed by atoms with E-state index in [1.807, 2.05) is 32.9 Å². The van der Waals surface area contributed by atoms with Crippen LogP contribution < -0.4 is 15.8 Å². The lowest BCUT2D eigenvalue weighted by molar-refractivity contribution is 0.0821. The predicted molar refractivity (Wildman–Crippen MR) is 156 cm³/mol. The van der Waals surface area contributed by atoms with Gasteiger partial charge in [-0.3, -0.25) is 14.5 Å². The molecule has 3 aromatic rings. The van der Waals surface area contributed by atoms with E-state index in [-0.39, 0.29) is 24.1 Å². The van der Waals surface area contributed by atoms with Crippen molar-refractivity contribution < 1.29 is 9.18 Å². The average Bonchev–Trinajstić information content (AvgIpc) is 2.88. The summed E-state index contributed by atoms with van der Waals surface area (Å²) in [5.41, 5.74) is 4.98. The third-order valence-electron chi connectivity index (χ3n) is 8.17. The molecule has 1 aliphatic rings. The maximum atomic E-state index is 15.0. The first-order valence-electron chi connectivity index (χ1n) is 13.9. The average molecular weight is 533 g/mol. The van der Waals surface area contributed by atoms with E-state index in [2.05, 4.69) is 65.1 Å². The van der Waals surface area contributed by atoms with Gasteiger partial charge in [-0.2, -0.15) is 0 Å². The minimum Gasteiger partial charge on any atom is -0.368 e. The number of nitrogens with zero attached hydrogens (tertiary/aromatic N) is 2. The van der Waals surface area contributed by atoms with Crippen molar-refractivity contribution in [2.75, 3.05) is 11.4 Å². The summed E-state index contributed by atoms with van der Waals surface area (Å²) in [7, 11) is 0. The van der Waals surface area contributed by atoms with E-state index in [0.717, 1.165) is 41.9 Å². The van der Waals surface area contributed by atoms with Gasteiger partial charge in [0.25, 0.3) is 11.5 Å². The molecule has 1 fully saturated rings. The van der Waals surface area contributed by atoms with Crippen LogP contribution >= 0.6 is 0 Å². The van der Waals surface area contributed by atoms with Crippen LogP contribution in [0.1, 0.15) is 71.9 Å². The molecule has 1 aromatic heterocycles. The van der Waals surface area contributed by atoms with Crippen LogP contribution in [-0.4, -0.2) is 40.5 Å². The summed E-state index contributed by atoms with van der Waals surface area (Å²) in [4.78, 5) is 33.2. The number of rotatable bonds is 8. The fraction of sp³-hybridized carbons (Fsp3) is 0.438. The highest BCUT2D eigenvalue weighted by Crippen LogP contribution is 2.34. The molecule has 7 heteroatoms. The molecule has 1 amide bonds. The van der Waals surface area contributed by atoms with Crippen LogP contribution in [0.15, 0.2) is 53.3 Å². The SMILES string of the molecule is CCN(c1cc(F)cc(C(=O)NCc2c(C)cc(C)[nH]c2=O)c1C)[C@H]1C[C@@H](C)N(Cc2ccccc2)[C@@H](C)C1. The van der Waals surface area contributed by atoms with Crippen molar-refractivity contribution in [3.05, 3.63) is 98.2 Å². The number of aryl methyl sites for hydroxylation is 2. The second kappa shape index (κ2) is 12.2. The molecule has 2 aromatic carbocycles. The van der Waals surface area contributed by atoms with Crippen molar-refractivity contribution in [1.29, 1.82) is 0 Å². The minimum atomic E-state index is -0.439. The quantitative estimate of drug-likeness (QED) is 0.394. The zero-order valence-electron chi connectivity index (χ0n) is 24.0. The molecule has 2 heterocycles. The standard InChI is InChI=1S/C32H41FN4O2/c1-7-36(27-14-22(4)37(23(5)15-27)19-25-11-9-8-10-12-25)30-17-26(33)16-28(24(30)6)31(38)34-18-29-20(2)13-21(3)35-32(29)39/h8-13,16-17,22-23,27H,7,14-15,18-19H2,1-6H3,(H,34,38)(H,35,39)/t22-,23+,27+. The molecule has 1 aliphatic heterocycles. The number of benzene rings is 2. The van der Waals surface area contributed by atoms with Crippen molar-refractivity contribution in [3.8, 4) is 0 Å². The molecular formula is C32H41FN4O2. The van der Waals surface area contributed by atoms with Crippen molar-refractivity contribution >= 4 is 11.6 Å². The number of pyridine rings is 1. The number of anilines is 1. The fourth-order valence-electron chi connectivity index (χ4n) is 6.14. The molecule has 0 bridgehead atoms. The zero-order chi connectivity index (χ0) is 28.3. The summed E-state index contributed by atoms with van der Waals surface area (Å²) >= 11 is 0. The van der Waals surface area contributed by atoms with E-state index in [1.54, 1.807) is 6.07 Å². The summed E-state index contributed by atoms with van der Waals surface area (Å²) < 4.78 is 15.0. The largest absolute Gasteiger partial charge is 0.368 e. The second-order valence-corrected chi connectivity index (χ2v) is 11.0. The highest BCUT2D eigenvalue weighted by molar-refractivity contribution is 5.97. The van der Waals surface area contributed by atoms with Crippen molar-refractivity contribution in [1.82, 2.24) is 15.2 Å². The molecule has 39 heavy (non-hydrogen) atoms. The number of carbonyl (C=O) groups is 1. The Labute approximate surface area is 231 Å². The number of likely N-dealkylation sites (tertiary alicyclic amines) is 1. The van der Waals surface area contributed by atoms with E-state index in [0.29, 0.717) is 29.8 Å². The van der Waals surface area contributed by atoms with Crippen LogP contribution in [-0.2, 0) is 13.1 Å². The molecule has 0 radical (unpaired) electrons.